The number of hydrogen-bond donors (Lipinski definition) is 1. The van der Waals surface area contributed by atoms with Gasteiger partial charge in [-0.2, -0.15) is 0 Å². The minimum Gasteiger partial charge on any atom is -0.489 e. The highest BCUT2D eigenvalue weighted by Crippen LogP contribution is 2.21. The van der Waals surface area contributed by atoms with E-state index in [0.717, 1.165) is 24.2 Å². The summed E-state index contributed by atoms with van der Waals surface area (Å²) in [5, 5.41) is 0. The van der Waals surface area contributed by atoms with Crippen molar-refractivity contribution in [2.45, 2.75) is 32.4 Å². The Morgan fingerprint density at radius 1 is 1.05 bits per heavy atom. The maximum atomic E-state index is 6.13. The van der Waals surface area contributed by atoms with E-state index in [4.69, 9.17) is 10.5 Å². The third-order valence-corrected chi connectivity index (χ3v) is 3.13. The highest BCUT2D eigenvalue weighted by atomic mass is 35.5. The molecule has 0 aliphatic carbocycles. The van der Waals surface area contributed by atoms with Crippen molar-refractivity contribution < 1.29 is 4.74 Å². The summed E-state index contributed by atoms with van der Waals surface area (Å²) in [6, 6.07) is 18.4. The molecule has 0 aliphatic heterocycles. The van der Waals surface area contributed by atoms with Crippen molar-refractivity contribution in [3.05, 3.63) is 65.7 Å². The van der Waals surface area contributed by atoms with Gasteiger partial charge < -0.3 is 10.5 Å². The molecule has 0 radical (unpaired) electrons. The van der Waals surface area contributed by atoms with Gasteiger partial charge in [-0.3, -0.25) is 0 Å². The summed E-state index contributed by atoms with van der Waals surface area (Å²) in [7, 11) is 0. The van der Waals surface area contributed by atoms with Crippen LogP contribution in [-0.4, -0.2) is 0 Å². The van der Waals surface area contributed by atoms with Crippen LogP contribution >= 0.6 is 12.4 Å². The Bertz CT molecular complexity index is 501. The Morgan fingerprint density at radius 3 is 2.50 bits per heavy atom. The predicted molar refractivity (Wildman–Crippen MR) is 86.3 cm³/mol. The van der Waals surface area contributed by atoms with Gasteiger partial charge in [0.2, 0.25) is 0 Å². The fraction of sp³-hybridized carbons (Fsp3) is 0.294. The number of nitrogens with two attached hydrogens (primary N) is 1. The van der Waals surface area contributed by atoms with E-state index < -0.39 is 0 Å². The van der Waals surface area contributed by atoms with Crippen LogP contribution in [0.4, 0.5) is 0 Å². The molecule has 0 spiro atoms. The van der Waals surface area contributed by atoms with Crippen LogP contribution in [0.1, 0.15) is 36.9 Å². The molecule has 0 heterocycles. The molecule has 2 rings (SSSR count). The van der Waals surface area contributed by atoms with Crippen molar-refractivity contribution in [3.8, 4) is 5.75 Å². The number of hydrogen-bond acceptors (Lipinski definition) is 2. The van der Waals surface area contributed by atoms with Gasteiger partial charge >= 0.3 is 0 Å². The molecule has 2 N–H and O–H groups in total. The summed E-state index contributed by atoms with van der Waals surface area (Å²) in [5.74, 6) is 0.882. The van der Waals surface area contributed by atoms with Gasteiger partial charge in [0.05, 0.1) is 0 Å². The van der Waals surface area contributed by atoms with E-state index in [1.54, 1.807) is 0 Å². The average molecular weight is 292 g/mol. The predicted octanol–water partition coefficient (Wildman–Crippen LogP) is 4.49. The molecule has 2 aromatic rings. The topological polar surface area (TPSA) is 35.2 Å². The normalized spacial score (nSPS) is 11.5. The quantitative estimate of drug-likeness (QED) is 0.851. The Kier molecular flexibility index (Phi) is 7.13. The zero-order chi connectivity index (χ0) is 13.5. The Balaban J connectivity index is 0.00000200. The number of benzene rings is 2. The minimum absolute atomic E-state index is 0. The van der Waals surface area contributed by atoms with Gasteiger partial charge in [-0.05, 0) is 29.7 Å². The van der Waals surface area contributed by atoms with Gasteiger partial charge in [0.15, 0.2) is 0 Å². The van der Waals surface area contributed by atoms with E-state index in [-0.39, 0.29) is 18.4 Å². The zero-order valence-electron chi connectivity index (χ0n) is 11.8. The fourth-order valence-electron chi connectivity index (χ4n) is 2.05. The monoisotopic (exact) mass is 291 g/mol. The summed E-state index contributed by atoms with van der Waals surface area (Å²) in [5.41, 5.74) is 8.44. The first-order chi connectivity index (χ1) is 9.29. The molecule has 108 valence electrons. The lowest BCUT2D eigenvalue weighted by molar-refractivity contribution is 0.305. The first-order valence-electron chi connectivity index (χ1n) is 6.82. The molecule has 0 saturated heterocycles. The number of ether oxygens (including phenoxy) is 1. The Morgan fingerprint density at radius 2 is 1.80 bits per heavy atom. The molecular formula is C17H22ClNO. The van der Waals surface area contributed by atoms with Gasteiger partial charge in [-0.25, -0.2) is 0 Å². The van der Waals surface area contributed by atoms with Crippen LogP contribution in [0.15, 0.2) is 54.6 Å². The summed E-state index contributed by atoms with van der Waals surface area (Å²) in [4.78, 5) is 0. The first-order valence-corrected chi connectivity index (χ1v) is 6.82. The van der Waals surface area contributed by atoms with Crippen LogP contribution in [-0.2, 0) is 6.61 Å². The van der Waals surface area contributed by atoms with Crippen LogP contribution in [0, 0.1) is 0 Å². The summed E-state index contributed by atoms with van der Waals surface area (Å²) in [6.07, 6.45) is 2.10. The second-order valence-corrected chi connectivity index (χ2v) is 4.74. The molecule has 2 nitrogen and oxygen atoms in total. The molecule has 0 aromatic heterocycles. The molecule has 0 bridgehead atoms. The smallest absolute Gasteiger partial charge is 0.120 e. The van der Waals surface area contributed by atoms with E-state index >= 15 is 0 Å². The third-order valence-electron chi connectivity index (χ3n) is 3.13. The van der Waals surface area contributed by atoms with E-state index in [2.05, 4.69) is 25.1 Å². The van der Waals surface area contributed by atoms with Crippen molar-refractivity contribution in [1.82, 2.24) is 0 Å². The maximum Gasteiger partial charge on any atom is 0.120 e. The van der Waals surface area contributed by atoms with Crippen molar-refractivity contribution in [2.75, 3.05) is 0 Å². The van der Waals surface area contributed by atoms with Crippen LogP contribution < -0.4 is 10.5 Å². The van der Waals surface area contributed by atoms with Gasteiger partial charge in [0, 0.05) is 6.04 Å². The number of halogens is 1. The van der Waals surface area contributed by atoms with E-state index in [1.165, 1.54) is 5.56 Å². The maximum absolute atomic E-state index is 6.13. The summed E-state index contributed by atoms with van der Waals surface area (Å²) in [6.45, 7) is 2.74. The highest BCUT2D eigenvalue weighted by Gasteiger charge is 2.05. The lowest BCUT2D eigenvalue weighted by Crippen LogP contribution is -2.09. The van der Waals surface area contributed by atoms with Crippen molar-refractivity contribution in [1.29, 1.82) is 0 Å². The lowest BCUT2D eigenvalue weighted by atomic mass is 10.0. The Hall–Kier alpha value is -1.51. The van der Waals surface area contributed by atoms with Gasteiger partial charge in [0.25, 0.3) is 0 Å². The molecular weight excluding hydrogens is 270 g/mol. The lowest BCUT2D eigenvalue weighted by Gasteiger charge is -2.13. The molecule has 0 fully saturated rings. The third kappa shape index (κ3) is 4.87. The second-order valence-electron chi connectivity index (χ2n) is 4.74. The van der Waals surface area contributed by atoms with Crippen LogP contribution in [0.3, 0.4) is 0 Å². The Labute approximate surface area is 127 Å². The molecule has 2 aromatic carbocycles. The first kappa shape index (κ1) is 16.5. The van der Waals surface area contributed by atoms with E-state index in [1.807, 2.05) is 36.4 Å². The van der Waals surface area contributed by atoms with Crippen LogP contribution in [0.2, 0.25) is 0 Å². The molecule has 3 heteroatoms. The van der Waals surface area contributed by atoms with Crippen LogP contribution in [0.25, 0.3) is 0 Å². The molecule has 0 aliphatic rings. The SMILES string of the molecule is CCC[C@@H](N)c1cccc(OCc2ccccc2)c1.Cl. The van der Waals surface area contributed by atoms with Gasteiger partial charge in [-0.15, -0.1) is 12.4 Å². The average Bonchev–Trinajstić information content (AvgIpc) is 2.47. The van der Waals surface area contributed by atoms with Crippen LogP contribution in [0.5, 0.6) is 5.75 Å². The van der Waals surface area contributed by atoms with Crippen molar-refractivity contribution >= 4 is 12.4 Å². The summed E-state index contributed by atoms with van der Waals surface area (Å²) >= 11 is 0. The largest absolute Gasteiger partial charge is 0.489 e. The van der Waals surface area contributed by atoms with E-state index in [9.17, 15) is 0 Å². The molecule has 0 saturated carbocycles. The second kappa shape index (κ2) is 8.62. The molecule has 0 amide bonds. The molecule has 0 unspecified atom stereocenters. The van der Waals surface area contributed by atoms with Crippen molar-refractivity contribution in [2.24, 2.45) is 5.73 Å². The van der Waals surface area contributed by atoms with Crippen molar-refractivity contribution in [3.63, 3.8) is 0 Å². The standard InChI is InChI=1S/C17H21NO.ClH/c1-2-7-17(18)15-10-6-11-16(12-15)19-13-14-8-4-3-5-9-14;/h3-6,8-12,17H,2,7,13,18H2,1H3;1H/t17-;/m1./s1. The van der Waals surface area contributed by atoms with Gasteiger partial charge in [0.1, 0.15) is 12.4 Å². The highest BCUT2D eigenvalue weighted by molar-refractivity contribution is 5.85. The zero-order valence-corrected chi connectivity index (χ0v) is 12.6. The minimum atomic E-state index is 0. The number of rotatable bonds is 6. The van der Waals surface area contributed by atoms with E-state index in [0.29, 0.717) is 6.61 Å². The fourth-order valence-corrected chi connectivity index (χ4v) is 2.05. The summed E-state index contributed by atoms with van der Waals surface area (Å²) < 4.78 is 5.81. The molecule has 1 atom stereocenters. The molecule has 20 heavy (non-hydrogen) atoms. The van der Waals surface area contributed by atoms with Gasteiger partial charge in [-0.1, -0.05) is 55.8 Å².